The predicted molar refractivity (Wildman–Crippen MR) is 80.3 cm³/mol. The maximum atomic E-state index is 4.84. The van der Waals surface area contributed by atoms with Crippen LogP contribution in [0.1, 0.15) is 31.9 Å². The van der Waals surface area contributed by atoms with Crippen molar-refractivity contribution in [2.45, 2.75) is 32.6 Å². The van der Waals surface area contributed by atoms with E-state index in [-0.39, 0.29) is 0 Å². The molecule has 0 aliphatic carbocycles. The second-order valence-electron chi connectivity index (χ2n) is 4.97. The molecular weight excluding hydrogens is 232 g/mol. The van der Waals surface area contributed by atoms with E-state index in [9.17, 15) is 0 Å². The molecular formula is C17H18N2. The van der Waals surface area contributed by atoms with Crippen LogP contribution in [0.5, 0.6) is 0 Å². The average Bonchev–Trinajstić information content (AvgIpc) is 2.47. The molecule has 0 aliphatic heterocycles. The second-order valence-corrected chi connectivity index (χ2v) is 4.97. The zero-order chi connectivity index (χ0) is 13.1. The summed E-state index contributed by atoms with van der Waals surface area (Å²) in [6, 6.07) is 12.6. The monoisotopic (exact) mass is 250 g/mol. The topological polar surface area (TPSA) is 25.8 Å². The van der Waals surface area contributed by atoms with E-state index >= 15 is 0 Å². The molecule has 0 N–H and O–H groups in total. The number of aryl methyl sites for hydroxylation is 1. The summed E-state index contributed by atoms with van der Waals surface area (Å²) >= 11 is 0. The van der Waals surface area contributed by atoms with Crippen LogP contribution in [0, 0.1) is 0 Å². The second kappa shape index (κ2) is 5.35. The Bertz CT molecular complexity index is 704. The minimum atomic E-state index is 1.02. The van der Waals surface area contributed by atoms with E-state index in [1.54, 1.807) is 0 Å². The first kappa shape index (κ1) is 12.1. The van der Waals surface area contributed by atoms with Crippen molar-refractivity contribution in [2.75, 3.05) is 0 Å². The van der Waals surface area contributed by atoms with Gasteiger partial charge in [-0.25, -0.2) is 0 Å². The molecule has 0 spiro atoms. The van der Waals surface area contributed by atoms with Crippen molar-refractivity contribution in [3.05, 3.63) is 48.3 Å². The minimum Gasteiger partial charge on any atom is -0.256 e. The minimum absolute atomic E-state index is 1.02. The van der Waals surface area contributed by atoms with Crippen molar-refractivity contribution in [3.8, 4) is 0 Å². The van der Waals surface area contributed by atoms with Crippen LogP contribution in [0.3, 0.4) is 0 Å². The van der Waals surface area contributed by atoms with Crippen molar-refractivity contribution in [1.29, 1.82) is 0 Å². The number of fused-ring (bicyclic) bond motifs is 3. The van der Waals surface area contributed by atoms with Crippen molar-refractivity contribution in [1.82, 2.24) is 9.97 Å². The van der Waals surface area contributed by atoms with Gasteiger partial charge in [0.2, 0.25) is 0 Å². The van der Waals surface area contributed by atoms with E-state index in [2.05, 4.69) is 42.2 Å². The quantitative estimate of drug-likeness (QED) is 0.502. The van der Waals surface area contributed by atoms with E-state index < -0.39 is 0 Å². The van der Waals surface area contributed by atoms with Gasteiger partial charge >= 0.3 is 0 Å². The summed E-state index contributed by atoms with van der Waals surface area (Å²) in [6.45, 7) is 2.23. The van der Waals surface area contributed by atoms with Gasteiger partial charge in [0.25, 0.3) is 0 Å². The molecule has 19 heavy (non-hydrogen) atoms. The maximum absolute atomic E-state index is 4.84. The van der Waals surface area contributed by atoms with E-state index in [0.29, 0.717) is 0 Å². The molecule has 0 radical (unpaired) electrons. The van der Waals surface area contributed by atoms with Gasteiger partial charge < -0.3 is 0 Å². The number of rotatable bonds is 4. The largest absolute Gasteiger partial charge is 0.256 e. The Labute approximate surface area is 113 Å². The highest BCUT2D eigenvalue weighted by atomic mass is 14.7. The van der Waals surface area contributed by atoms with E-state index in [0.717, 1.165) is 22.8 Å². The highest BCUT2D eigenvalue weighted by Gasteiger charge is 2.03. The van der Waals surface area contributed by atoms with E-state index in [1.807, 2.05) is 12.3 Å². The van der Waals surface area contributed by atoms with Gasteiger partial charge in [-0.1, -0.05) is 31.9 Å². The molecule has 0 amide bonds. The molecule has 1 aromatic carbocycles. The lowest BCUT2D eigenvalue weighted by Crippen LogP contribution is -1.92. The standard InChI is InChI=1S/C17H18N2/c1-2-3-4-6-14-10-8-13-9-11-16-15(17(13)19-14)7-5-12-18-16/h5,7-12H,2-4,6H2,1H3. The van der Waals surface area contributed by atoms with Crippen LogP contribution in [0.4, 0.5) is 0 Å². The Balaban J connectivity index is 2.07. The fourth-order valence-electron chi connectivity index (χ4n) is 2.48. The number of aromatic nitrogens is 2. The van der Waals surface area contributed by atoms with Crippen LogP contribution in [0.2, 0.25) is 0 Å². The first-order valence-electron chi connectivity index (χ1n) is 7.02. The highest BCUT2D eigenvalue weighted by molar-refractivity contribution is 6.03. The van der Waals surface area contributed by atoms with Gasteiger partial charge in [0.15, 0.2) is 0 Å². The molecule has 96 valence electrons. The van der Waals surface area contributed by atoms with Crippen LogP contribution in [0.25, 0.3) is 21.8 Å². The van der Waals surface area contributed by atoms with E-state index in [1.165, 1.54) is 30.3 Å². The first-order valence-corrected chi connectivity index (χ1v) is 7.02. The Morgan fingerprint density at radius 2 is 1.89 bits per heavy atom. The zero-order valence-corrected chi connectivity index (χ0v) is 11.3. The summed E-state index contributed by atoms with van der Waals surface area (Å²) in [7, 11) is 0. The maximum Gasteiger partial charge on any atom is 0.0799 e. The number of hydrogen-bond donors (Lipinski definition) is 0. The summed E-state index contributed by atoms with van der Waals surface area (Å²) in [5, 5.41) is 2.34. The molecule has 0 aliphatic rings. The van der Waals surface area contributed by atoms with Gasteiger partial charge in [0, 0.05) is 22.7 Å². The summed E-state index contributed by atoms with van der Waals surface area (Å²) in [5.41, 5.74) is 3.30. The molecule has 0 bridgehead atoms. The van der Waals surface area contributed by atoms with Crippen LogP contribution >= 0.6 is 0 Å². The van der Waals surface area contributed by atoms with Crippen molar-refractivity contribution in [2.24, 2.45) is 0 Å². The van der Waals surface area contributed by atoms with Crippen molar-refractivity contribution in [3.63, 3.8) is 0 Å². The van der Waals surface area contributed by atoms with Gasteiger partial charge in [-0.05, 0) is 37.1 Å². The lowest BCUT2D eigenvalue weighted by atomic mass is 10.1. The van der Waals surface area contributed by atoms with Crippen LogP contribution in [0.15, 0.2) is 42.6 Å². The van der Waals surface area contributed by atoms with Crippen LogP contribution in [-0.2, 0) is 6.42 Å². The molecule has 0 unspecified atom stereocenters. The third-order valence-corrected chi connectivity index (χ3v) is 3.54. The fraction of sp³-hybridized carbons (Fsp3) is 0.294. The third kappa shape index (κ3) is 2.43. The molecule has 2 heteroatoms. The number of benzene rings is 1. The zero-order valence-electron chi connectivity index (χ0n) is 11.3. The molecule has 3 rings (SSSR count). The molecule has 2 aromatic heterocycles. The summed E-state index contributed by atoms with van der Waals surface area (Å²) in [4.78, 5) is 9.23. The van der Waals surface area contributed by atoms with Crippen molar-refractivity contribution >= 4 is 21.8 Å². The van der Waals surface area contributed by atoms with Crippen LogP contribution in [-0.4, -0.2) is 9.97 Å². The predicted octanol–water partition coefficient (Wildman–Crippen LogP) is 4.52. The Kier molecular flexibility index (Phi) is 3.41. The molecule has 0 fully saturated rings. The Morgan fingerprint density at radius 3 is 2.79 bits per heavy atom. The summed E-state index contributed by atoms with van der Waals surface area (Å²) in [5.74, 6) is 0. The highest BCUT2D eigenvalue weighted by Crippen LogP contribution is 2.22. The Hall–Kier alpha value is -1.96. The molecule has 0 atom stereocenters. The van der Waals surface area contributed by atoms with Gasteiger partial charge in [0.1, 0.15) is 0 Å². The first-order chi connectivity index (χ1) is 9.38. The molecule has 3 aromatic rings. The van der Waals surface area contributed by atoms with E-state index in [4.69, 9.17) is 4.98 Å². The summed E-state index contributed by atoms with van der Waals surface area (Å²) in [6.07, 6.45) is 6.65. The van der Waals surface area contributed by atoms with Gasteiger partial charge in [-0.2, -0.15) is 0 Å². The average molecular weight is 250 g/mol. The Morgan fingerprint density at radius 1 is 1.00 bits per heavy atom. The molecule has 0 saturated heterocycles. The summed E-state index contributed by atoms with van der Waals surface area (Å²) < 4.78 is 0. The lowest BCUT2D eigenvalue weighted by molar-refractivity contribution is 0.709. The SMILES string of the molecule is CCCCCc1ccc2ccc3ncccc3c2n1. The third-order valence-electron chi connectivity index (χ3n) is 3.54. The lowest BCUT2D eigenvalue weighted by Gasteiger charge is -2.05. The van der Waals surface area contributed by atoms with Gasteiger partial charge in [-0.3, -0.25) is 9.97 Å². The van der Waals surface area contributed by atoms with Crippen LogP contribution < -0.4 is 0 Å². The number of unbranched alkanes of at least 4 members (excludes halogenated alkanes) is 2. The fourth-order valence-corrected chi connectivity index (χ4v) is 2.48. The molecule has 2 heterocycles. The number of pyridine rings is 2. The molecule has 2 nitrogen and oxygen atoms in total. The molecule has 0 saturated carbocycles. The normalized spacial score (nSPS) is 11.2. The number of hydrogen-bond acceptors (Lipinski definition) is 2. The number of nitrogens with zero attached hydrogens (tertiary/aromatic N) is 2. The smallest absolute Gasteiger partial charge is 0.0799 e. The van der Waals surface area contributed by atoms with Gasteiger partial charge in [0.05, 0.1) is 11.0 Å². The van der Waals surface area contributed by atoms with Gasteiger partial charge in [-0.15, -0.1) is 0 Å². The van der Waals surface area contributed by atoms with Crippen molar-refractivity contribution < 1.29 is 0 Å².